The van der Waals surface area contributed by atoms with E-state index in [4.69, 9.17) is 9.84 Å². The fourth-order valence-electron chi connectivity index (χ4n) is 1.74. The van der Waals surface area contributed by atoms with Crippen LogP contribution in [-0.2, 0) is 11.3 Å². The topological polar surface area (TPSA) is 61.7 Å². The third-order valence-corrected chi connectivity index (χ3v) is 3.04. The Balaban J connectivity index is 2.16. The van der Waals surface area contributed by atoms with Crippen molar-refractivity contribution in [1.29, 1.82) is 0 Å². The molecule has 3 N–H and O–H groups in total. The highest BCUT2D eigenvalue weighted by Gasteiger charge is 2.13. The van der Waals surface area contributed by atoms with Crippen molar-refractivity contribution in [3.05, 3.63) is 35.9 Å². The lowest BCUT2D eigenvalue weighted by Gasteiger charge is -2.21. The van der Waals surface area contributed by atoms with Gasteiger partial charge in [0.2, 0.25) is 0 Å². The van der Waals surface area contributed by atoms with Gasteiger partial charge in [-0.3, -0.25) is 0 Å². The molecule has 0 fully saturated rings. The summed E-state index contributed by atoms with van der Waals surface area (Å²) in [6.07, 6.45) is -0.559. The highest BCUT2D eigenvalue weighted by atomic mass is 16.5. The summed E-state index contributed by atoms with van der Waals surface area (Å²) in [7, 11) is 0. The van der Waals surface area contributed by atoms with Gasteiger partial charge in [0.25, 0.3) is 0 Å². The van der Waals surface area contributed by atoms with Crippen molar-refractivity contribution in [1.82, 2.24) is 5.32 Å². The molecule has 0 aromatic heterocycles. The van der Waals surface area contributed by atoms with Gasteiger partial charge in [-0.1, -0.05) is 44.2 Å². The highest BCUT2D eigenvalue weighted by Crippen LogP contribution is 2.02. The Bertz CT molecular complexity index is 329. The van der Waals surface area contributed by atoms with E-state index in [1.807, 2.05) is 44.2 Å². The van der Waals surface area contributed by atoms with Gasteiger partial charge in [0.1, 0.15) is 0 Å². The third kappa shape index (κ3) is 6.68. The molecule has 2 atom stereocenters. The van der Waals surface area contributed by atoms with Crippen molar-refractivity contribution in [2.75, 3.05) is 19.8 Å². The van der Waals surface area contributed by atoms with E-state index >= 15 is 0 Å². The van der Waals surface area contributed by atoms with E-state index in [9.17, 15) is 5.11 Å². The summed E-state index contributed by atoms with van der Waals surface area (Å²) in [5.74, 6) is 0.336. The number of ether oxygens (including phenoxy) is 1. The van der Waals surface area contributed by atoms with E-state index in [1.54, 1.807) is 0 Å². The van der Waals surface area contributed by atoms with Gasteiger partial charge in [0.05, 0.1) is 25.9 Å². The number of aliphatic hydroxyl groups is 2. The van der Waals surface area contributed by atoms with Crippen LogP contribution in [0.1, 0.15) is 19.4 Å². The Morgan fingerprint density at radius 1 is 1.21 bits per heavy atom. The van der Waals surface area contributed by atoms with Gasteiger partial charge in [-0.05, 0) is 11.5 Å². The fraction of sp³-hybridized carbons (Fsp3) is 0.600. The standard InChI is InChI=1S/C15H25NO3/c1-12(2)15(9-17)16-8-14(18)11-19-10-13-6-4-3-5-7-13/h3-7,12,14-18H,8-11H2,1-2H3. The number of hydrogen-bond donors (Lipinski definition) is 3. The largest absolute Gasteiger partial charge is 0.395 e. The molecule has 0 aliphatic heterocycles. The molecule has 108 valence electrons. The number of benzene rings is 1. The van der Waals surface area contributed by atoms with Crippen molar-refractivity contribution in [2.45, 2.75) is 32.6 Å². The van der Waals surface area contributed by atoms with Crippen LogP contribution in [0, 0.1) is 5.92 Å². The first-order valence-electron chi connectivity index (χ1n) is 6.77. The van der Waals surface area contributed by atoms with Crippen LogP contribution in [0.3, 0.4) is 0 Å². The van der Waals surface area contributed by atoms with Gasteiger partial charge >= 0.3 is 0 Å². The molecule has 0 heterocycles. The third-order valence-electron chi connectivity index (χ3n) is 3.04. The maximum atomic E-state index is 9.78. The van der Waals surface area contributed by atoms with E-state index in [0.717, 1.165) is 5.56 Å². The molecule has 0 aliphatic rings. The summed E-state index contributed by atoms with van der Waals surface area (Å²) in [6, 6.07) is 9.89. The van der Waals surface area contributed by atoms with E-state index in [-0.39, 0.29) is 19.3 Å². The van der Waals surface area contributed by atoms with Crippen LogP contribution in [-0.4, -0.2) is 42.1 Å². The van der Waals surface area contributed by atoms with Crippen molar-refractivity contribution < 1.29 is 14.9 Å². The fourth-order valence-corrected chi connectivity index (χ4v) is 1.74. The first-order valence-corrected chi connectivity index (χ1v) is 6.77. The average molecular weight is 267 g/mol. The van der Waals surface area contributed by atoms with Crippen LogP contribution < -0.4 is 5.32 Å². The minimum atomic E-state index is -0.559. The molecular formula is C15H25NO3. The normalized spacial score (nSPS) is 14.6. The molecule has 2 unspecified atom stereocenters. The summed E-state index contributed by atoms with van der Waals surface area (Å²) in [4.78, 5) is 0. The monoisotopic (exact) mass is 267 g/mol. The minimum absolute atomic E-state index is 0.0174. The van der Waals surface area contributed by atoms with Gasteiger partial charge in [0, 0.05) is 12.6 Å². The second-order valence-corrected chi connectivity index (χ2v) is 5.10. The minimum Gasteiger partial charge on any atom is -0.395 e. The summed E-state index contributed by atoms with van der Waals surface area (Å²) in [6.45, 7) is 5.37. The van der Waals surface area contributed by atoms with Crippen LogP contribution in [0.15, 0.2) is 30.3 Å². The zero-order chi connectivity index (χ0) is 14.1. The Morgan fingerprint density at radius 3 is 2.47 bits per heavy atom. The Kier molecular flexibility index (Phi) is 7.67. The molecule has 0 aliphatic carbocycles. The molecule has 0 saturated heterocycles. The lowest BCUT2D eigenvalue weighted by atomic mass is 10.1. The van der Waals surface area contributed by atoms with Gasteiger partial charge in [0.15, 0.2) is 0 Å². The average Bonchev–Trinajstić information content (AvgIpc) is 2.40. The van der Waals surface area contributed by atoms with Crippen LogP contribution in [0.4, 0.5) is 0 Å². The van der Waals surface area contributed by atoms with E-state index in [1.165, 1.54) is 0 Å². The zero-order valence-electron chi connectivity index (χ0n) is 11.7. The molecule has 4 heteroatoms. The summed E-state index contributed by atoms with van der Waals surface area (Å²) < 4.78 is 5.46. The maximum Gasteiger partial charge on any atom is 0.0897 e. The Hall–Kier alpha value is -0.940. The molecule has 0 spiro atoms. The Morgan fingerprint density at radius 2 is 1.89 bits per heavy atom. The van der Waals surface area contributed by atoms with Crippen molar-refractivity contribution >= 4 is 0 Å². The van der Waals surface area contributed by atoms with Gasteiger partial charge in [-0.2, -0.15) is 0 Å². The molecule has 1 aromatic carbocycles. The number of rotatable bonds is 9. The first-order chi connectivity index (χ1) is 9.13. The molecule has 4 nitrogen and oxygen atoms in total. The quantitative estimate of drug-likeness (QED) is 0.628. The highest BCUT2D eigenvalue weighted by molar-refractivity contribution is 5.13. The zero-order valence-corrected chi connectivity index (χ0v) is 11.7. The predicted octanol–water partition coefficient (Wildman–Crippen LogP) is 1.17. The lowest BCUT2D eigenvalue weighted by molar-refractivity contribution is 0.0255. The SMILES string of the molecule is CC(C)C(CO)NCC(O)COCc1ccccc1. The van der Waals surface area contributed by atoms with Crippen molar-refractivity contribution in [2.24, 2.45) is 5.92 Å². The number of nitrogens with one attached hydrogen (secondary N) is 1. The molecule has 0 radical (unpaired) electrons. The molecule has 19 heavy (non-hydrogen) atoms. The van der Waals surface area contributed by atoms with E-state index in [0.29, 0.717) is 19.1 Å². The molecule has 0 saturated carbocycles. The second-order valence-electron chi connectivity index (χ2n) is 5.10. The van der Waals surface area contributed by atoms with Crippen molar-refractivity contribution in [3.63, 3.8) is 0 Å². The lowest BCUT2D eigenvalue weighted by Crippen LogP contribution is -2.42. The van der Waals surface area contributed by atoms with Crippen LogP contribution in [0.2, 0.25) is 0 Å². The molecule has 1 aromatic rings. The number of hydrogen-bond acceptors (Lipinski definition) is 4. The molecule has 0 amide bonds. The van der Waals surface area contributed by atoms with Crippen LogP contribution >= 0.6 is 0 Å². The smallest absolute Gasteiger partial charge is 0.0897 e. The summed E-state index contributed by atoms with van der Waals surface area (Å²) >= 11 is 0. The molecular weight excluding hydrogens is 242 g/mol. The predicted molar refractivity (Wildman–Crippen MR) is 75.8 cm³/mol. The second kappa shape index (κ2) is 9.04. The maximum absolute atomic E-state index is 9.78. The van der Waals surface area contributed by atoms with Gasteiger partial charge < -0.3 is 20.3 Å². The van der Waals surface area contributed by atoms with Gasteiger partial charge in [-0.15, -0.1) is 0 Å². The molecule has 1 rings (SSSR count). The molecule has 0 bridgehead atoms. The van der Waals surface area contributed by atoms with E-state index < -0.39 is 6.10 Å². The van der Waals surface area contributed by atoms with Gasteiger partial charge in [-0.25, -0.2) is 0 Å². The van der Waals surface area contributed by atoms with Crippen LogP contribution in [0.25, 0.3) is 0 Å². The van der Waals surface area contributed by atoms with Crippen molar-refractivity contribution in [3.8, 4) is 0 Å². The summed E-state index contributed by atoms with van der Waals surface area (Å²) in [5, 5.41) is 22.1. The van der Waals surface area contributed by atoms with Crippen LogP contribution in [0.5, 0.6) is 0 Å². The number of aliphatic hydroxyl groups excluding tert-OH is 2. The Labute approximate surface area is 115 Å². The summed E-state index contributed by atoms with van der Waals surface area (Å²) in [5.41, 5.74) is 1.10. The van der Waals surface area contributed by atoms with E-state index in [2.05, 4.69) is 5.32 Å². The first kappa shape index (κ1) is 16.1.